The minimum Gasteiger partial charge on any atom is -0.481 e. The fraction of sp³-hybridized carbons (Fsp3) is 0.182. The van der Waals surface area contributed by atoms with Crippen molar-refractivity contribution in [2.75, 3.05) is 0 Å². The maximum atomic E-state index is 10.6. The molecule has 0 amide bonds. The van der Waals surface area contributed by atoms with Gasteiger partial charge < -0.3 is 5.11 Å². The van der Waals surface area contributed by atoms with Gasteiger partial charge in [0.1, 0.15) is 0 Å². The van der Waals surface area contributed by atoms with Crippen molar-refractivity contribution in [3.05, 3.63) is 50.8 Å². The lowest BCUT2D eigenvalue weighted by Gasteiger charge is -2.03. The van der Waals surface area contributed by atoms with E-state index in [4.69, 9.17) is 16.7 Å². The number of non-ortho nitro benzene ring substituents is 1. The summed E-state index contributed by atoms with van der Waals surface area (Å²) in [6.45, 7) is 0.253. The number of hydrogen-bond acceptors (Lipinski definition) is 5. The van der Waals surface area contributed by atoms with Gasteiger partial charge in [-0.05, 0) is 11.6 Å². The number of rotatable bonds is 5. The zero-order chi connectivity index (χ0) is 14.7. The molecule has 8 nitrogen and oxygen atoms in total. The highest BCUT2D eigenvalue weighted by Gasteiger charge is 2.11. The van der Waals surface area contributed by atoms with Gasteiger partial charge in [0.2, 0.25) is 0 Å². The zero-order valence-electron chi connectivity index (χ0n) is 10.1. The number of nitro benzene ring substituents is 1. The number of aliphatic carboxylic acids is 1. The van der Waals surface area contributed by atoms with E-state index in [0.29, 0.717) is 11.3 Å². The highest BCUT2D eigenvalue weighted by molar-refractivity contribution is 6.31. The molecule has 0 atom stereocenters. The average molecular weight is 297 g/mol. The molecule has 2 aromatic rings. The van der Waals surface area contributed by atoms with Crippen LogP contribution in [0.2, 0.25) is 5.02 Å². The van der Waals surface area contributed by atoms with Crippen LogP contribution in [0.4, 0.5) is 5.69 Å². The largest absolute Gasteiger partial charge is 0.481 e. The molecule has 104 valence electrons. The molecule has 0 unspecified atom stereocenters. The smallest absolute Gasteiger partial charge is 0.309 e. The molecular weight excluding hydrogens is 288 g/mol. The van der Waals surface area contributed by atoms with E-state index >= 15 is 0 Å². The Morgan fingerprint density at radius 1 is 1.50 bits per heavy atom. The lowest BCUT2D eigenvalue weighted by molar-refractivity contribution is -0.384. The minimum atomic E-state index is -0.995. The molecule has 0 radical (unpaired) electrons. The van der Waals surface area contributed by atoms with Gasteiger partial charge in [-0.25, -0.2) is 4.68 Å². The van der Waals surface area contributed by atoms with Crippen molar-refractivity contribution in [3.63, 3.8) is 0 Å². The van der Waals surface area contributed by atoms with Crippen LogP contribution in [-0.4, -0.2) is 31.0 Å². The van der Waals surface area contributed by atoms with Gasteiger partial charge in [-0.15, -0.1) is 5.10 Å². The lowest BCUT2D eigenvalue weighted by Crippen LogP contribution is -2.02. The van der Waals surface area contributed by atoms with E-state index in [2.05, 4.69) is 10.3 Å². The summed E-state index contributed by atoms with van der Waals surface area (Å²) < 4.78 is 1.42. The first-order chi connectivity index (χ1) is 9.45. The average Bonchev–Trinajstić information content (AvgIpc) is 2.78. The predicted octanol–water partition coefficient (Wildman–Crippen LogP) is 1.52. The second-order valence-corrected chi connectivity index (χ2v) is 4.42. The second kappa shape index (κ2) is 5.66. The summed E-state index contributed by atoms with van der Waals surface area (Å²) in [5.41, 5.74) is 0.864. The summed E-state index contributed by atoms with van der Waals surface area (Å²) >= 11 is 5.95. The molecule has 0 saturated carbocycles. The second-order valence-electron chi connectivity index (χ2n) is 4.01. The first-order valence-electron chi connectivity index (χ1n) is 5.49. The number of carboxylic acids is 1. The Labute approximate surface area is 117 Å². The molecule has 1 heterocycles. The number of carboxylic acid groups (broad SMARTS) is 1. The maximum absolute atomic E-state index is 10.6. The number of hydrogen-bond donors (Lipinski definition) is 1. The molecule has 1 aromatic carbocycles. The molecule has 1 N–H and O–H groups in total. The summed E-state index contributed by atoms with van der Waals surface area (Å²) in [6, 6.07) is 4.13. The fourth-order valence-electron chi connectivity index (χ4n) is 1.60. The molecule has 0 aliphatic rings. The third-order valence-electron chi connectivity index (χ3n) is 2.50. The third-order valence-corrected chi connectivity index (χ3v) is 2.85. The fourth-order valence-corrected chi connectivity index (χ4v) is 1.84. The van der Waals surface area contributed by atoms with Gasteiger partial charge in [-0.2, -0.15) is 0 Å². The van der Waals surface area contributed by atoms with Crippen molar-refractivity contribution < 1.29 is 14.8 Å². The van der Waals surface area contributed by atoms with Crippen LogP contribution >= 0.6 is 11.6 Å². The Kier molecular flexibility index (Phi) is 3.94. The molecule has 9 heteroatoms. The first-order valence-corrected chi connectivity index (χ1v) is 5.87. The van der Waals surface area contributed by atoms with Gasteiger partial charge in [0.15, 0.2) is 0 Å². The van der Waals surface area contributed by atoms with E-state index in [-0.39, 0.29) is 23.7 Å². The van der Waals surface area contributed by atoms with Crippen molar-refractivity contribution in [2.24, 2.45) is 0 Å². The Morgan fingerprint density at radius 2 is 2.25 bits per heavy atom. The van der Waals surface area contributed by atoms with Gasteiger partial charge in [-0.1, -0.05) is 16.8 Å². The van der Waals surface area contributed by atoms with Gasteiger partial charge >= 0.3 is 5.97 Å². The van der Waals surface area contributed by atoms with E-state index in [1.807, 2.05) is 0 Å². The number of halogens is 1. The topological polar surface area (TPSA) is 111 Å². The Balaban J connectivity index is 2.15. The van der Waals surface area contributed by atoms with Crippen LogP contribution in [0.25, 0.3) is 0 Å². The highest BCUT2D eigenvalue weighted by Crippen LogP contribution is 2.23. The molecule has 0 aliphatic carbocycles. The summed E-state index contributed by atoms with van der Waals surface area (Å²) in [6.07, 6.45) is 1.28. The summed E-state index contributed by atoms with van der Waals surface area (Å²) in [5, 5.41) is 27.0. The highest BCUT2D eigenvalue weighted by atomic mass is 35.5. The number of nitro groups is 1. The molecular formula is C11H9ClN4O4. The Bertz CT molecular complexity index is 670. The van der Waals surface area contributed by atoms with Crippen LogP contribution in [0.1, 0.15) is 11.3 Å². The molecule has 0 saturated heterocycles. The molecule has 0 spiro atoms. The van der Waals surface area contributed by atoms with Crippen molar-refractivity contribution in [1.29, 1.82) is 0 Å². The van der Waals surface area contributed by atoms with Gasteiger partial charge in [-0.3, -0.25) is 14.9 Å². The Hall–Kier alpha value is -2.48. The number of carbonyl (C=O) groups is 1. The third kappa shape index (κ3) is 3.29. The minimum absolute atomic E-state index is 0.0936. The summed E-state index contributed by atoms with van der Waals surface area (Å²) in [4.78, 5) is 20.6. The number of benzene rings is 1. The summed E-state index contributed by atoms with van der Waals surface area (Å²) in [7, 11) is 0. The van der Waals surface area contributed by atoms with Gasteiger partial charge in [0, 0.05) is 18.3 Å². The number of nitrogens with zero attached hydrogens (tertiary/aromatic N) is 4. The Morgan fingerprint density at radius 3 is 2.85 bits per heavy atom. The normalized spacial score (nSPS) is 10.4. The molecule has 0 aliphatic heterocycles. The summed E-state index contributed by atoms with van der Waals surface area (Å²) in [5.74, 6) is -0.995. The van der Waals surface area contributed by atoms with Crippen LogP contribution in [0, 0.1) is 10.1 Å². The van der Waals surface area contributed by atoms with E-state index in [0.717, 1.165) is 0 Å². The van der Waals surface area contributed by atoms with Gasteiger partial charge in [0.25, 0.3) is 5.69 Å². The zero-order valence-corrected chi connectivity index (χ0v) is 10.8. The molecule has 1 aromatic heterocycles. The maximum Gasteiger partial charge on any atom is 0.309 e. The van der Waals surface area contributed by atoms with Crippen LogP contribution in [0.3, 0.4) is 0 Å². The van der Waals surface area contributed by atoms with E-state index in [1.54, 1.807) is 0 Å². The predicted molar refractivity (Wildman–Crippen MR) is 68.6 cm³/mol. The SMILES string of the molecule is O=C(O)Cc1cn(Cc2ccc([N+](=O)[O-])cc2Cl)nn1. The van der Waals surface area contributed by atoms with E-state index < -0.39 is 10.9 Å². The monoisotopic (exact) mass is 296 g/mol. The van der Waals surface area contributed by atoms with Crippen molar-refractivity contribution >= 4 is 23.3 Å². The van der Waals surface area contributed by atoms with Crippen LogP contribution in [0.15, 0.2) is 24.4 Å². The molecule has 2 rings (SSSR count). The van der Waals surface area contributed by atoms with Crippen molar-refractivity contribution in [3.8, 4) is 0 Å². The van der Waals surface area contributed by atoms with Crippen molar-refractivity contribution in [1.82, 2.24) is 15.0 Å². The molecule has 0 fully saturated rings. The quantitative estimate of drug-likeness (QED) is 0.661. The van der Waals surface area contributed by atoms with Crippen LogP contribution < -0.4 is 0 Å². The first kappa shape index (κ1) is 13.9. The van der Waals surface area contributed by atoms with Crippen LogP contribution in [0.5, 0.6) is 0 Å². The standard InChI is InChI=1S/C11H9ClN4O4/c12-10-4-9(16(19)20)2-1-7(10)5-15-6-8(13-14-15)3-11(17)18/h1-2,4,6H,3,5H2,(H,17,18). The number of aromatic nitrogens is 3. The van der Waals surface area contributed by atoms with Crippen LogP contribution in [-0.2, 0) is 17.8 Å². The van der Waals surface area contributed by atoms with Gasteiger partial charge in [0.05, 0.1) is 28.6 Å². The molecule has 20 heavy (non-hydrogen) atoms. The lowest BCUT2D eigenvalue weighted by atomic mass is 10.2. The van der Waals surface area contributed by atoms with E-state index in [9.17, 15) is 14.9 Å². The van der Waals surface area contributed by atoms with E-state index in [1.165, 1.54) is 29.1 Å². The van der Waals surface area contributed by atoms with Crippen molar-refractivity contribution in [2.45, 2.75) is 13.0 Å². The molecule has 0 bridgehead atoms.